The molecule has 2 rings (SSSR count). The van der Waals surface area contributed by atoms with E-state index in [1.807, 2.05) is 0 Å². The highest BCUT2D eigenvalue weighted by Gasteiger charge is 2.87. The molecule has 10 heteroatoms. The molecule has 4 nitrogen and oxygen atoms in total. The summed E-state index contributed by atoms with van der Waals surface area (Å²) in [6.45, 7) is 1.38. The third-order valence-corrected chi connectivity index (χ3v) is 5.86. The summed E-state index contributed by atoms with van der Waals surface area (Å²) in [5.41, 5.74) is -7.48. The predicted octanol–water partition coefficient (Wildman–Crippen LogP) is 2.29. The van der Waals surface area contributed by atoms with Gasteiger partial charge in [0.05, 0.1) is 0 Å². The Hall–Kier alpha value is -0.580. The molecular weight excluding hydrogens is 358 g/mol. The number of hydrogen-bond acceptors (Lipinski definition) is 4. The maximum atomic E-state index is 15.6. The van der Waals surface area contributed by atoms with Crippen LogP contribution in [-0.4, -0.2) is 55.7 Å². The second-order valence-electron chi connectivity index (χ2n) is 7.74. The molecule has 0 aromatic heterocycles. The van der Waals surface area contributed by atoms with E-state index < -0.39 is 53.0 Å². The third kappa shape index (κ3) is 2.44. The largest absolute Gasteiger partial charge is 0.365 e. The lowest BCUT2D eigenvalue weighted by Crippen LogP contribution is -2.80. The van der Waals surface area contributed by atoms with Crippen molar-refractivity contribution in [1.29, 1.82) is 0 Å². The van der Waals surface area contributed by atoms with Gasteiger partial charge in [-0.2, -0.15) is 17.6 Å². The van der Waals surface area contributed by atoms with Gasteiger partial charge < -0.3 is 20.4 Å². The molecule has 2 saturated carbocycles. The summed E-state index contributed by atoms with van der Waals surface area (Å²) in [6, 6.07) is 0. The molecule has 0 amide bonds. The quantitative estimate of drug-likeness (QED) is 0.438. The summed E-state index contributed by atoms with van der Waals surface area (Å²) >= 11 is 0. The number of rotatable bonds is 2. The zero-order chi connectivity index (χ0) is 19.7. The SMILES string of the molecule is CC(C)(C1CCCCC1(O)O)C1(F)C(O)(O)CC(F)C(F)(F)C1(F)F. The lowest BCUT2D eigenvalue weighted by Gasteiger charge is -2.59. The van der Waals surface area contributed by atoms with Gasteiger partial charge in [-0.15, -0.1) is 0 Å². The van der Waals surface area contributed by atoms with Crippen LogP contribution >= 0.6 is 0 Å². The van der Waals surface area contributed by atoms with E-state index in [9.17, 15) is 42.4 Å². The smallest absolute Gasteiger partial charge is 0.352 e. The van der Waals surface area contributed by atoms with Crippen LogP contribution in [0.2, 0.25) is 0 Å². The van der Waals surface area contributed by atoms with E-state index in [4.69, 9.17) is 0 Å². The minimum absolute atomic E-state index is 0.220. The highest BCUT2D eigenvalue weighted by Crippen LogP contribution is 2.66. The predicted molar refractivity (Wildman–Crippen MR) is 73.3 cm³/mol. The number of aliphatic hydroxyl groups is 4. The molecule has 3 atom stereocenters. The molecular formula is C15H22F6O4. The number of alkyl halides is 6. The van der Waals surface area contributed by atoms with Crippen molar-refractivity contribution in [2.24, 2.45) is 11.3 Å². The van der Waals surface area contributed by atoms with Gasteiger partial charge in [-0.05, 0) is 12.8 Å². The average Bonchev–Trinajstić information content (AvgIpc) is 2.43. The molecule has 2 fully saturated rings. The lowest BCUT2D eigenvalue weighted by atomic mass is 9.53. The standard InChI is InChI=1S/C15H22F6O4/c1-10(2,8-5-3-4-6-11(8,22)23)14(19)12(24,25)7-9(16)13(17,18)15(14,20)21/h8-9,22-25H,3-7H2,1-2H3. The molecule has 2 aliphatic rings. The molecule has 0 radical (unpaired) electrons. The van der Waals surface area contributed by atoms with Crippen molar-refractivity contribution < 1.29 is 46.8 Å². The fourth-order valence-corrected chi connectivity index (χ4v) is 4.43. The first-order chi connectivity index (χ1) is 11.0. The highest BCUT2D eigenvalue weighted by atomic mass is 19.3. The van der Waals surface area contributed by atoms with E-state index in [2.05, 4.69) is 0 Å². The number of halogens is 6. The van der Waals surface area contributed by atoms with Crippen LogP contribution in [0, 0.1) is 11.3 Å². The fourth-order valence-electron chi connectivity index (χ4n) is 4.43. The van der Waals surface area contributed by atoms with Gasteiger partial charge in [0, 0.05) is 24.2 Å². The van der Waals surface area contributed by atoms with Crippen LogP contribution in [0.1, 0.15) is 46.0 Å². The van der Waals surface area contributed by atoms with E-state index in [-0.39, 0.29) is 25.7 Å². The molecule has 0 aliphatic heterocycles. The van der Waals surface area contributed by atoms with Crippen molar-refractivity contribution in [3.63, 3.8) is 0 Å². The Kier molecular flexibility index (Phi) is 4.53. The van der Waals surface area contributed by atoms with E-state index in [1.165, 1.54) is 0 Å². The summed E-state index contributed by atoms with van der Waals surface area (Å²) in [5.74, 6) is -19.8. The molecule has 148 valence electrons. The summed E-state index contributed by atoms with van der Waals surface area (Å²) in [5, 5.41) is 39.8. The maximum absolute atomic E-state index is 15.6. The summed E-state index contributed by atoms with van der Waals surface area (Å²) in [6.07, 6.45) is -5.66. The van der Waals surface area contributed by atoms with Gasteiger partial charge in [0.2, 0.25) is 11.5 Å². The van der Waals surface area contributed by atoms with Gasteiger partial charge in [-0.3, -0.25) is 0 Å². The molecule has 2 aliphatic carbocycles. The maximum Gasteiger partial charge on any atom is 0.352 e. The second-order valence-corrected chi connectivity index (χ2v) is 7.74. The van der Waals surface area contributed by atoms with Gasteiger partial charge in [0.25, 0.3) is 0 Å². The Morgan fingerprint density at radius 1 is 0.920 bits per heavy atom. The van der Waals surface area contributed by atoms with Crippen LogP contribution in [0.3, 0.4) is 0 Å². The highest BCUT2D eigenvalue weighted by molar-refractivity contribution is 5.23. The zero-order valence-corrected chi connectivity index (χ0v) is 13.7. The van der Waals surface area contributed by atoms with Crippen molar-refractivity contribution in [3.05, 3.63) is 0 Å². The molecule has 0 saturated heterocycles. The van der Waals surface area contributed by atoms with Crippen molar-refractivity contribution in [1.82, 2.24) is 0 Å². The van der Waals surface area contributed by atoms with Crippen LogP contribution < -0.4 is 0 Å². The van der Waals surface area contributed by atoms with Gasteiger partial charge in [-0.1, -0.05) is 20.3 Å². The van der Waals surface area contributed by atoms with E-state index in [0.717, 1.165) is 0 Å². The Morgan fingerprint density at radius 2 is 1.44 bits per heavy atom. The van der Waals surface area contributed by atoms with Crippen LogP contribution in [0.5, 0.6) is 0 Å². The third-order valence-electron chi connectivity index (χ3n) is 5.86. The first-order valence-electron chi connectivity index (χ1n) is 7.95. The van der Waals surface area contributed by atoms with Crippen molar-refractivity contribution in [3.8, 4) is 0 Å². The zero-order valence-electron chi connectivity index (χ0n) is 13.7. The normalized spacial score (nSPS) is 39.8. The van der Waals surface area contributed by atoms with Crippen molar-refractivity contribution >= 4 is 0 Å². The molecule has 0 spiro atoms. The van der Waals surface area contributed by atoms with E-state index in [0.29, 0.717) is 13.8 Å². The number of hydrogen-bond donors (Lipinski definition) is 4. The minimum Gasteiger partial charge on any atom is -0.365 e. The van der Waals surface area contributed by atoms with Gasteiger partial charge in [0.1, 0.15) is 0 Å². The fraction of sp³-hybridized carbons (Fsp3) is 1.00. The summed E-state index contributed by atoms with van der Waals surface area (Å²) in [4.78, 5) is 0. The average molecular weight is 380 g/mol. The van der Waals surface area contributed by atoms with Crippen LogP contribution in [0.15, 0.2) is 0 Å². The van der Waals surface area contributed by atoms with Gasteiger partial charge in [0.15, 0.2) is 12.0 Å². The molecule has 4 N–H and O–H groups in total. The molecule has 25 heavy (non-hydrogen) atoms. The van der Waals surface area contributed by atoms with Crippen LogP contribution in [0.25, 0.3) is 0 Å². The molecule has 0 bridgehead atoms. The van der Waals surface area contributed by atoms with E-state index >= 15 is 4.39 Å². The lowest BCUT2D eigenvalue weighted by molar-refractivity contribution is -0.436. The van der Waals surface area contributed by atoms with Crippen LogP contribution in [0.4, 0.5) is 26.3 Å². The topological polar surface area (TPSA) is 80.9 Å². The van der Waals surface area contributed by atoms with E-state index in [1.54, 1.807) is 0 Å². The van der Waals surface area contributed by atoms with Crippen molar-refractivity contribution in [2.45, 2.75) is 81.2 Å². The first-order valence-corrected chi connectivity index (χ1v) is 7.95. The summed E-state index contributed by atoms with van der Waals surface area (Å²) < 4.78 is 85.5. The monoisotopic (exact) mass is 380 g/mol. The molecule has 3 unspecified atom stereocenters. The second kappa shape index (κ2) is 5.46. The Bertz CT molecular complexity index is 536. The molecule has 0 aromatic rings. The first kappa shape index (κ1) is 20.7. The minimum atomic E-state index is -5.81. The summed E-state index contributed by atoms with van der Waals surface area (Å²) in [7, 11) is 0. The van der Waals surface area contributed by atoms with Crippen LogP contribution in [-0.2, 0) is 0 Å². The van der Waals surface area contributed by atoms with Gasteiger partial charge >= 0.3 is 11.8 Å². The Balaban J connectivity index is 2.66. The Labute approximate surface area is 140 Å². The van der Waals surface area contributed by atoms with Gasteiger partial charge in [-0.25, -0.2) is 8.78 Å². The molecule has 0 heterocycles. The van der Waals surface area contributed by atoms with Crippen molar-refractivity contribution in [2.75, 3.05) is 0 Å². The molecule has 0 aromatic carbocycles. The Morgan fingerprint density at radius 3 is 1.92 bits per heavy atom.